The molecule has 0 fully saturated rings. The van der Waals surface area contributed by atoms with Crippen LogP contribution in [0.2, 0.25) is 0 Å². The van der Waals surface area contributed by atoms with E-state index < -0.39 is 10.0 Å². The molecular formula is C12H12N2O4S. The highest BCUT2D eigenvalue weighted by atomic mass is 32.2. The van der Waals surface area contributed by atoms with Crippen LogP contribution in [0.4, 0.5) is 5.69 Å². The van der Waals surface area contributed by atoms with Crippen molar-refractivity contribution in [1.29, 1.82) is 0 Å². The van der Waals surface area contributed by atoms with Crippen molar-refractivity contribution in [2.24, 2.45) is 5.14 Å². The highest BCUT2D eigenvalue weighted by Gasteiger charge is 2.10. The molecule has 7 heteroatoms. The first-order valence-corrected chi connectivity index (χ1v) is 6.90. The molecule has 19 heavy (non-hydrogen) atoms. The Morgan fingerprint density at radius 3 is 2.37 bits per heavy atom. The summed E-state index contributed by atoms with van der Waals surface area (Å²) < 4.78 is 27.2. The molecule has 0 aliphatic heterocycles. The summed E-state index contributed by atoms with van der Waals surface area (Å²) in [5, 5.41) is 7.59. The average Bonchev–Trinajstić information content (AvgIpc) is 2.75. The standard InChI is InChI=1S/C12H12N2O4S/c1-8-6-9(7-18-8)12(15)14-10-2-4-11(5-3-10)19(13,16)17/h2-7H,1H3,(H,14,15)(H2,13,16,17). The zero-order valence-electron chi connectivity index (χ0n) is 10.1. The SMILES string of the molecule is Cc1cc(C(=O)Nc2ccc(S(N)(=O)=O)cc2)co1. The second kappa shape index (κ2) is 4.87. The Labute approximate surface area is 110 Å². The number of nitrogens with one attached hydrogen (secondary N) is 1. The van der Waals surface area contributed by atoms with E-state index in [9.17, 15) is 13.2 Å². The van der Waals surface area contributed by atoms with Gasteiger partial charge in [0.2, 0.25) is 10.0 Å². The van der Waals surface area contributed by atoms with E-state index in [-0.39, 0.29) is 10.8 Å². The maximum atomic E-state index is 11.8. The lowest BCUT2D eigenvalue weighted by atomic mass is 10.2. The van der Waals surface area contributed by atoms with Crippen LogP contribution in [0.3, 0.4) is 0 Å². The lowest BCUT2D eigenvalue weighted by Crippen LogP contribution is -2.13. The van der Waals surface area contributed by atoms with Crippen molar-refractivity contribution in [3.63, 3.8) is 0 Å². The zero-order chi connectivity index (χ0) is 14.0. The Morgan fingerprint density at radius 1 is 1.26 bits per heavy atom. The number of nitrogens with two attached hydrogens (primary N) is 1. The van der Waals surface area contributed by atoms with E-state index in [0.29, 0.717) is 17.0 Å². The summed E-state index contributed by atoms with van der Waals surface area (Å²) in [6.45, 7) is 1.73. The Morgan fingerprint density at radius 2 is 1.89 bits per heavy atom. The minimum Gasteiger partial charge on any atom is -0.469 e. The molecule has 1 amide bonds. The normalized spacial score (nSPS) is 11.3. The minimum absolute atomic E-state index is 0.00958. The topological polar surface area (TPSA) is 102 Å². The van der Waals surface area contributed by atoms with Crippen molar-refractivity contribution in [2.75, 3.05) is 5.32 Å². The summed E-state index contributed by atoms with van der Waals surface area (Å²) in [7, 11) is -3.72. The van der Waals surface area contributed by atoms with E-state index in [1.807, 2.05) is 0 Å². The summed E-state index contributed by atoms with van der Waals surface area (Å²) in [6.07, 6.45) is 1.35. The van der Waals surface area contributed by atoms with Crippen LogP contribution in [0.5, 0.6) is 0 Å². The molecule has 6 nitrogen and oxygen atoms in total. The quantitative estimate of drug-likeness (QED) is 0.889. The molecule has 0 saturated carbocycles. The summed E-state index contributed by atoms with van der Waals surface area (Å²) in [5.74, 6) is 0.301. The highest BCUT2D eigenvalue weighted by molar-refractivity contribution is 7.89. The number of sulfonamides is 1. The van der Waals surface area contributed by atoms with Crippen LogP contribution >= 0.6 is 0 Å². The van der Waals surface area contributed by atoms with Crippen molar-refractivity contribution >= 4 is 21.6 Å². The molecule has 0 radical (unpaired) electrons. The number of hydrogen-bond donors (Lipinski definition) is 2. The van der Waals surface area contributed by atoms with Crippen LogP contribution in [-0.2, 0) is 10.0 Å². The number of amides is 1. The Bertz CT molecular complexity index is 702. The van der Waals surface area contributed by atoms with E-state index in [1.165, 1.54) is 30.5 Å². The second-order valence-corrected chi connectivity index (χ2v) is 5.53. The lowest BCUT2D eigenvalue weighted by Gasteiger charge is -2.04. The van der Waals surface area contributed by atoms with Gasteiger partial charge in [-0.15, -0.1) is 0 Å². The number of carbonyl (C=O) groups is 1. The Balaban J connectivity index is 2.14. The van der Waals surface area contributed by atoms with Gasteiger partial charge in [0.1, 0.15) is 12.0 Å². The summed E-state index contributed by atoms with van der Waals surface area (Å²) in [4.78, 5) is 11.8. The smallest absolute Gasteiger partial charge is 0.258 e. The third-order valence-electron chi connectivity index (χ3n) is 2.43. The van der Waals surface area contributed by atoms with Gasteiger partial charge in [-0.05, 0) is 37.3 Å². The number of carbonyl (C=O) groups excluding carboxylic acids is 1. The van der Waals surface area contributed by atoms with Gasteiger partial charge in [0.25, 0.3) is 5.91 Å². The van der Waals surface area contributed by atoms with E-state index in [4.69, 9.17) is 9.56 Å². The van der Waals surface area contributed by atoms with Crippen molar-refractivity contribution in [1.82, 2.24) is 0 Å². The number of aryl methyl sites for hydroxylation is 1. The van der Waals surface area contributed by atoms with Crippen molar-refractivity contribution in [3.8, 4) is 0 Å². The molecule has 0 atom stereocenters. The van der Waals surface area contributed by atoms with Gasteiger partial charge in [-0.25, -0.2) is 13.6 Å². The number of anilines is 1. The number of furan rings is 1. The van der Waals surface area contributed by atoms with Gasteiger partial charge >= 0.3 is 0 Å². The van der Waals surface area contributed by atoms with E-state index >= 15 is 0 Å². The molecule has 0 aliphatic rings. The molecule has 2 aromatic rings. The van der Waals surface area contributed by atoms with Gasteiger partial charge in [-0.2, -0.15) is 0 Å². The molecule has 0 unspecified atom stereocenters. The predicted octanol–water partition coefficient (Wildman–Crippen LogP) is 1.49. The lowest BCUT2D eigenvalue weighted by molar-refractivity contribution is 0.102. The van der Waals surface area contributed by atoms with E-state index in [0.717, 1.165) is 0 Å². The Kier molecular flexibility index (Phi) is 3.41. The molecule has 0 bridgehead atoms. The number of hydrogen-bond acceptors (Lipinski definition) is 4. The van der Waals surface area contributed by atoms with Gasteiger partial charge < -0.3 is 9.73 Å². The second-order valence-electron chi connectivity index (χ2n) is 3.97. The molecule has 1 heterocycles. The maximum absolute atomic E-state index is 11.8. The number of rotatable bonds is 3. The van der Waals surface area contributed by atoms with Gasteiger partial charge in [-0.3, -0.25) is 4.79 Å². The largest absolute Gasteiger partial charge is 0.469 e. The fraction of sp³-hybridized carbons (Fsp3) is 0.0833. The monoisotopic (exact) mass is 280 g/mol. The zero-order valence-corrected chi connectivity index (χ0v) is 10.9. The summed E-state index contributed by atoms with van der Waals surface area (Å²) in [6, 6.07) is 7.18. The van der Waals surface area contributed by atoms with Crippen LogP contribution in [0.1, 0.15) is 16.1 Å². The fourth-order valence-electron chi connectivity index (χ4n) is 1.49. The highest BCUT2D eigenvalue weighted by Crippen LogP contribution is 2.14. The maximum Gasteiger partial charge on any atom is 0.258 e. The molecule has 2 rings (SSSR count). The van der Waals surface area contributed by atoms with Gasteiger partial charge in [0.15, 0.2) is 0 Å². The van der Waals surface area contributed by atoms with Crippen molar-refractivity contribution in [2.45, 2.75) is 11.8 Å². The van der Waals surface area contributed by atoms with Crippen molar-refractivity contribution < 1.29 is 17.6 Å². The first kappa shape index (κ1) is 13.3. The molecule has 0 spiro atoms. The third-order valence-corrected chi connectivity index (χ3v) is 3.36. The number of benzene rings is 1. The van der Waals surface area contributed by atoms with Crippen molar-refractivity contribution in [3.05, 3.63) is 47.9 Å². The predicted molar refractivity (Wildman–Crippen MR) is 69.2 cm³/mol. The van der Waals surface area contributed by atoms with E-state index in [2.05, 4.69) is 5.32 Å². The van der Waals surface area contributed by atoms with Gasteiger partial charge in [0.05, 0.1) is 10.5 Å². The van der Waals surface area contributed by atoms with Crippen LogP contribution in [0.15, 0.2) is 45.9 Å². The molecule has 0 saturated heterocycles. The summed E-state index contributed by atoms with van der Waals surface area (Å²) in [5.41, 5.74) is 0.865. The first-order chi connectivity index (χ1) is 8.86. The fourth-order valence-corrected chi connectivity index (χ4v) is 2.01. The van der Waals surface area contributed by atoms with Crippen LogP contribution in [0, 0.1) is 6.92 Å². The molecule has 1 aromatic carbocycles. The van der Waals surface area contributed by atoms with E-state index in [1.54, 1.807) is 13.0 Å². The molecule has 0 aliphatic carbocycles. The van der Waals surface area contributed by atoms with Gasteiger partial charge in [0, 0.05) is 5.69 Å². The van der Waals surface area contributed by atoms with Crippen LogP contribution < -0.4 is 10.5 Å². The molecular weight excluding hydrogens is 268 g/mol. The molecule has 3 N–H and O–H groups in total. The van der Waals surface area contributed by atoms with Crippen LogP contribution in [-0.4, -0.2) is 14.3 Å². The third kappa shape index (κ3) is 3.21. The summed E-state index contributed by atoms with van der Waals surface area (Å²) >= 11 is 0. The molecule has 100 valence electrons. The van der Waals surface area contributed by atoms with Crippen LogP contribution in [0.25, 0.3) is 0 Å². The minimum atomic E-state index is -3.72. The number of primary sulfonamides is 1. The average molecular weight is 280 g/mol. The first-order valence-electron chi connectivity index (χ1n) is 5.35. The van der Waals surface area contributed by atoms with Gasteiger partial charge in [-0.1, -0.05) is 0 Å². The Hall–Kier alpha value is -2.12. The molecule has 1 aromatic heterocycles.